The number of alkyl halides is 3. The van der Waals surface area contributed by atoms with E-state index < -0.39 is 46.0 Å². The number of rotatable bonds is 12. The van der Waals surface area contributed by atoms with Gasteiger partial charge in [-0.25, -0.2) is 8.42 Å². The van der Waals surface area contributed by atoms with Gasteiger partial charge in [0.15, 0.2) is 9.84 Å². The zero-order valence-corrected chi connectivity index (χ0v) is 26.9. The van der Waals surface area contributed by atoms with Crippen LogP contribution in [0.4, 0.5) is 13.2 Å². The quantitative estimate of drug-likeness (QED) is 0.291. The highest BCUT2D eigenvalue weighted by atomic mass is 32.2. The van der Waals surface area contributed by atoms with E-state index in [4.69, 9.17) is 0 Å². The van der Waals surface area contributed by atoms with Crippen LogP contribution >= 0.6 is 11.8 Å². The molecule has 3 rings (SSSR count). The lowest BCUT2D eigenvalue weighted by molar-refractivity contribution is -0.137. The molecule has 0 aliphatic heterocycles. The standard InChI is InChI=1S/C31H42F3N3O4S2/c1-20(2)18-37(21(3)4)25-9-14-28(23(16-25)19-43(40,41)27-12-10-26(42-5)11-13-27)36-29(38)17-35-30(39)22-7-6-8-24(15-22)31(32,33)34/h6-8,10-13,15,20-21,23,25,28H,9,14,16-19H2,1-5H3,(H,35,39)(H,36,38)/t23-,25+,28+/m1/s1. The molecule has 2 aromatic rings. The Morgan fingerprint density at radius 3 is 2.30 bits per heavy atom. The van der Waals surface area contributed by atoms with Crippen molar-refractivity contribution in [3.05, 3.63) is 59.7 Å². The minimum atomic E-state index is -4.60. The van der Waals surface area contributed by atoms with Crippen LogP contribution in [0.15, 0.2) is 58.3 Å². The van der Waals surface area contributed by atoms with E-state index >= 15 is 0 Å². The summed E-state index contributed by atoms with van der Waals surface area (Å²) in [6, 6.07) is 10.7. The first-order valence-electron chi connectivity index (χ1n) is 14.5. The molecule has 1 fully saturated rings. The number of halogens is 3. The van der Waals surface area contributed by atoms with E-state index in [0.717, 1.165) is 36.1 Å². The first kappa shape index (κ1) is 34.9. The number of sulfone groups is 1. The van der Waals surface area contributed by atoms with Gasteiger partial charge in [0.05, 0.1) is 22.8 Å². The summed E-state index contributed by atoms with van der Waals surface area (Å²) in [5.74, 6) is -1.42. The van der Waals surface area contributed by atoms with E-state index in [2.05, 4.69) is 43.2 Å². The zero-order chi connectivity index (χ0) is 31.9. The van der Waals surface area contributed by atoms with Gasteiger partial charge in [-0.15, -0.1) is 11.8 Å². The van der Waals surface area contributed by atoms with Crippen molar-refractivity contribution in [2.75, 3.05) is 25.1 Å². The third-order valence-electron chi connectivity index (χ3n) is 7.72. The van der Waals surface area contributed by atoms with Crippen molar-refractivity contribution in [3.63, 3.8) is 0 Å². The van der Waals surface area contributed by atoms with Gasteiger partial charge < -0.3 is 10.6 Å². The molecule has 0 heterocycles. The SMILES string of the molecule is CSc1ccc(S(=O)(=O)C[C@H]2C[C@@H](N(CC(C)C)C(C)C)CC[C@@H]2NC(=O)CNC(=O)c2cccc(C(F)(F)F)c2)cc1. The van der Waals surface area contributed by atoms with Crippen molar-refractivity contribution in [1.82, 2.24) is 15.5 Å². The fourth-order valence-corrected chi connectivity index (χ4v) is 7.72. The number of carbonyl (C=O) groups is 2. The van der Waals surface area contributed by atoms with Crippen LogP contribution in [-0.2, 0) is 20.8 Å². The fraction of sp³-hybridized carbons (Fsp3) is 0.548. The molecule has 0 bridgehead atoms. The molecule has 238 valence electrons. The van der Waals surface area contributed by atoms with Crippen LogP contribution < -0.4 is 10.6 Å². The van der Waals surface area contributed by atoms with Crippen LogP contribution in [-0.4, -0.2) is 68.4 Å². The second-order valence-electron chi connectivity index (χ2n) is 11.8. The number of carbonyl (C=O) groups excluding carboxylic acids is 2. The number of hydrogen-bond donors (Lipinski definition) is 2. The molecule has 0 saturated heterocycles. The molecule has 12 heteroatoms. The predicted octanol–water partition coefficient (Wildman–Crippen LogP) is 5.65. The average Bonchev–Trinajstić information content (AvgIpc) is 2.95. The number of hydrogen-bond acceptors (Lipinski definition) is 6. The summed E-state index contributed by atoms with van der Waals surface area (Å²) in [4.78, 5) is 29.0. The molecule has 2 N–H and O–H groups in total. The third kappa shape index (κ3) is 9.97. The van der Waals surface area contributed by atoms with Gasteiger partial charge in [-0.2, -0.15) is 13.2 Å². The number of nitrogens with one attached hydrogen (secondary N) is 2. The van der Waals surface area contributed by atoms with Gasteiger partial charge in [-0.05, 0) is 93.7 Å². The van der Waals surface area contributed by atoms with Crippen molar-refractivity contribution in [2.24, 2.45) is 11.8 Å². The molecule has 0 radical (unpaired) electrons. The van der Waals surface area contributed by atoms with Crippen molar-refractivity contribution in [2.45, 2.75) is 81.1 Å². The van der Waals surface area contributed by atoms with E-state index in [1.54, 1.807) is 24.3 Å². The number of thioether (sulfide) groups is 1. The zero-order valence-electron chi connectivity index (χ0n) is 25.3. The molecule has 0 aromatic heterocycles. The molecule has 1 saturated carbocycles. The Bertz CT molecular complexity index is 1350. The molecule has 2 aromatic carbocycles. The lowest BCUT2D eigenvalue weighted by atomic mass is 9.81. The van der Waals surface area contributed by atoms with Gasteiger partial charge in [-0.3, -0.25) is 14.5 Å². The monoisotopic (exact) mass is 641 g/mol. The van der Waals surface area contributed by atoms with Crippen LogP contribution in [0, 0.1) is 11.8 Å². The Morgan fingerprint density at radius 1 is 1.05 bits per heavy atom. The second kappa shape index (κ2) is 14.9. The van der Waals surface area contributed by atoms with E-state index in [-0.39, 0.29) is 34.2 Å². The summed E-state index contributed by atoms with van der Waals surface area (Å²) in [5, 5.41) is 5.30. The maximum absolute atomic E-state index is 13.5. The van der Waals surface area contributed by atoms with Crippen molar-refractivity contribution in [3.8, 4) is 0 Å². The first-order valence-corrected chi connectivity index (χ1v) is 17.4. The maximum atomic E-state index is 13.5. The third-order valence-corrected chi connectivity index (χ3v) is 10.3. The summed E-state index contributed by atoms with van der Waals surface area (Å²) in [6.07, 6.45) is -0.775. The highest BCUT2D eigenvalue weighted by Crippen LogP contribution is 2.33. The molecular weight excluding hydrogens is 599 g/mol. The van der Waals surface area contributed by atoms with E-state index in [9.17, 15) is 31.2 Å². The summed E-state index contributed by atoms with van der Waals surface area (Å²) >= 11 is 1.52. The summed E-state index contributed by atoms with van der Waals surface area (Å²) < 4.78 is 66.2. The van der Waals surface area contributed by atoms with Gasteiger partial charge >= 0.3 is 6.18 Å². The van der Waals surface area contributed by atoms with Crippen molar-refractivity contribution < 1.29 is 31.2 Å². The van der Waals surface area contributed by atoms with Crippen LogP contribution in [0.1, 0.15) is 62.9 Å². The van der Waals surface area contributed by atoms with Crippen molar-refractivity contribution in [1.29, 1.82) is 0 Å². The van der Waals surface area contributed by atoms with Gasteiger partial charge in [0.25, 0.3) is 5.91 Å². The van der Waals surface area contributed by atoms with Crippen LogP contribution in [0.25, 0.3) is 0 Å². The molecule has 2 amide bonds. The average molecular weight is 642 g/mol. The first-order chi connectivity index (χ1) is 20.1. The molecule has 7 nitrogen and oxygen atoms in total. The van der Waals surface area contributed by atoms with E-state index in [1.807, 2.05) is 6.26 Å². The largest absolute Gasteiger partial charge is 0.416 e. The summed E-state index contributed by atoms with van der Waals surface area (Å²) in [7, 11) is -3.66. The van der Waals surface area contributed by atoms with Gasteiger partial charge in [-0.1, -0.05) is 19.9 Å². The molecule has 3 atom stereocenters. The van der Waals surface area contributed by atoms with Crippen molar-refractivity contribution >= 4 is 33.4 Å². The molecule has 43 heavy (non-hydrogen) atoms. The van der Waals surface area contributed by atoms with E-state index in [0.29, 0.717) is 18.8 Å². The predicted molar refractivity (Wildman–Crippen MR) is 164 cm³/mol. The Morgan fingerprint density at radius 2 is 1.72 bits per heavy atom. The smallest absolute Gasteiger partial charge is 0.352 e. The minimum Gasteiger partial charge on any atom is -0.352 e. The topological polar surface area (TPSA) is 95.6 Å². The maximum Gasteiger partial charge on any atom is 0.416 e. The normalized spacial score (nSPS) is 19.6. The lowest BCUT2D eigenvalue weighted by Crippen LogP contribution is -2.53. The van der Waals surface area contributed by atoms with Gasteiger partial charge in [0.2, 0.25) is 5.91 Å². The van der Waals surface area contributed by atoms with Gasteiger partial charge in [0, 0.05) is 35.1 Å². The summed E-state index contributed by atoms with van der Waals surface area (Å²) in [5.41, 5.74) is -1.17. The van der Waals surface area contributed by atoms with E-state index in [1.165, 1.54) is 17.8 Å². The minimum absolute atomic E-state index is 0.142. The summed E-state index contributed by atoms with van der Waals surface area (Å²) in [6.45, 7) is 8.97. The highest BCUT2D eigenvalue weighted by molar-refractivity contribution is 7.98. The second-order valence-corrected chi connectivity index (χ2v) is 14.7. The fourth-order valence-electron chi connectivity index (χ4n) is 5.64. The molecule has 0 spiro atoms. The number of nitrogens with zero attached hydrogens (tertiary/aromatic N) is 1. The Labute approximate surface area is 257 Å². The van der Waals surface area contributed by atoms with Crippen LogP contribution in [0.3, 0.4) is 0 Å². The molecular formula is C31H42F3N3O4S2. The van der Waals surface area contributed by atoms with Gasteiger partial charge in [0.1, 0.15) is 0 Å². The van der Waals surface area contributed by atoms with Crippen LogP contribution in [0.5, 0.6) is 0 Å². The molecule has 1 aliphatic rings. The Kier molecular flexibility index (Phi) is 12.1. The molecule has 1 aliphatic carbocycles. The Hall–Kier alpha value is -2.57. The highest BCUT2D eigenvalue weighted by Gasteiger charge is 2.38. The number of benzene rings is 2. The lowest BCUT2D eigenvalue weighted by Gasteiger charge is -2.44. The number of amides is 2. The Balaban J connectivity index is 1.75. The molecule has 0 unspecified atom stereocenters. The van der Waals surface area contributed by atoms with Crippen LogP contribution in [0.2, 0.25) is 0 Å².